The zero-order valence-corrected chi connectivity index (χ0v) is 29.5. The molecule has 12 nitrogen and oxygen atoms in total. The van der Waals surface area contributed by atoms with Crippen LogP contribution in [0, 0.1) is 23.5 Å². The second kappa shape index (κ2) is 17.2. The molecule has 4 atom stereocenters. The molecule has 0 spiro atoms. The number of nitrogens with zero attached hydrogens (tertiary/aromatic N) is 4. The van der Waals surface area contributed by atoms with E-state index < -0.39 is 59.6 Å². The summed E-state index contributed by atoms with van der Waals surface area (Å²) >= 11 is 0. The Labute approximate surface area is 305 Å². The average molecular weight is 736 g/mol. The number of alkyl halides is 1. The maximum absolute atomic E-state index is 15.3. The van der Waals surface area contributed by atoms with E-state index in [1.165, 1.54) is 0 Å². The summed E-state index contributed by atoms with van der Waals surface area (Å²) in [7, 11) is 0. The van der Waals surface area contributed by atoms with Gasteiger partial charge in [-0.05, 0) is 49.4 Å². The van der Waals surface area contributed by atoms with Crippen molar-refractivity contribution in [1.82, 2.24) is 35.3 Å². The molecular formula is C38H44F3N7O5. The van der Waals surface area contributed by atoms with E-state index in [-0.39, 0.29) is 49.8 Å². The van der Waals surface area contributed by atoms with Gasteiger partial charge in [-0.2, -0.15) is 0 Å². The number of amides is 5. The number of urea groups is 1. The van der Waals surface area contributed by atoms with Crippen LogP contribution in [-0.4, -0.2) is 101 Å². The Morgan fingerprint density at radius 1 is 1.06 bits per heavy atom. The minimum atomic E-state index is -1.21. The van der Waals surface area contributed by atoms with Gasteiger partial charge in [0.05, 0.1) is 11.7 Å². The standard InChI is InChI=1S/C38H44F3N7O5/c1-24(18-43-33(49)11-14-47-34(50)9-10-35(47)51)44-38(52)48(22-27-19-42-20-31(27)41)36(26-12-15-53-16-13-26)37-45-32(29-17-28(39)7-8-30(29)40)23-46(37)21-25-5-3-2-4-6-25/h2-10,17,23-24,26-27,31,36,42H,11-16,18-22H2,1H3,(H,43,49)(H,44,52)/t24-,27-,31-,36+/m0/s1. The number of imide groups is 1. The number of benzene rings is 2. The number of ether oxygens (including phenoxy) is 1. The fraction of sp³-hybridized carbons (Fsp3) is 0.447. The summed E-state index contributed by atoms with van der Waals surface area (Å²) in [5.41, 5.74) is 1.09. The second-order valence-corrected chi connectivity index (χ2v) is 13.8. The van der Waals surface area contributed by atoms with Crippen LogP contribution < -0.4 is 16.0 Å². The predicted molar refractivity (Wildman–Crippen MR) is 189 cm³/mol. The van der Waals surface area contributed by atoms with Crippen LogP contribution in [0.3, 0.4) is 0 Å². The van der Waals surface area contributed by atoms with Crippen molar-refractivity contribution in [3.63, 3.8) is 0 Å². The van der Waals surface area contributed by atoms with Gasteiger partial charge in [0, 0.05) is 94.8 Å². The molecule has 0 radical (unpaired) electrons. The first-order valence-corrected chi connectivity index (χ1v) is 17.9. The number of carbonyl (C=O) groups excluding carboxylic acids is 4. The Bertz CT molecular complexity index is 1800. The van der Waals surface area contributed by atoms with Crippen LogP contribution in [0.15, 0.2) is 66.9 Å². The summed E-state index contributed by atoms with van der Waals surface area (Å²) in [4.78, 5) is 58.3. The van der Waals surface area contributed by atoms with E-state index in [0.717, 1.165) is 40.8 Å². The van der Waals surface area contributed by atoms with Crippen molar-refractivity contribution >= 4 is 23.8 Å². The third kappa shape index (κ3) is 9.32. The Balaban J connectivity index is 1.30. The van der Waals surface area contributed by atoms with Gasteiger partial charge >= 0.3 is 6.03 Å². The number of carbonyl (C=O) groups is 4. The molecule has 0 unspecified atom stereocenters. The van der Waals surface area contributed by atoms with E-state index in [2.05, 4.69) is 16.0 Å². The Hall–Kier alpha value is -5.02. The van der Waals surface area contributed by atoms with Crippen molar-refractivity contribution < 1.29 is 37.1 Å². The summed E-state index contributed by atoms with van der Waals surface area (Å²) in [5.74, 6) is -2.90. The highest BCUT2D eigenvalue weighted by Gasteiger charge is 2.40. The molecule has 5 amide bonds. The van der Waals surface area contributed by atoms with Crippen molar-refractivity contribution in [3.05, 3.63) is 89.9 Å². The summed E-state index contributed by atoms with van der Waals surface area (Å²) in [5, 5.41) is 8.78. The molecular weight excluding hydrogens is 691 g/mol. The predicted octanol–water partition coefficient (Wildman–Crippen LogP) is 3.73. The molecule has 2 aromatic carbocycles. The third-order valence-electron chi connectivity index (χ3n) is 9.91. The molecule has 0 bridgehead atoms. The number of nitrogens with one attached hydrogen (secondary N) is 3. The van der Waals surface area contributed by atoms with Crippen molar-refractivity contribution in [2.75, 3.05) is 45.9 Å². The number of hydrogen-bond donors (Lipinski definition) is 3. The molecule has 0 saturated carbocycles. The molecule has 282 valence electrons. The molecule has 53 heavy (non-hydrogen) atoms. The molecule has 3 aliphatic rings. The summed E-state index contributed by atoms with van der Waals surface area (Å²) in [6.07, 6.45) is 3.79. The smallest absolute Gasteiger partial charge is 0.318 e. The lowest BCUT2D eigenvalue weighted by molar-refractivity contribution is -0.137. The van der Waals surface area contributed by atoms with Crippen LogP contribution in [0.4, 0.5) is 18.0 Å². The molecule has 6 rings (SSSR count). The lowest BCUT2D eigenvalue weighted by Gasteiger charge is -2.40. The summed E-state index contributed by atoms with van der Waals surface area (Å²) < 4.78 is 52.4. The van der Waals surface area contributed by atoms with E-state index in [1.54, 1.807) is 18.0 Å². The van der Waals surface area contributed by atoms with Gasteiger partial charge in [0.15, 0.2) is 0 Å². The van der Waals surface area contributed by atoms with Crippen molar-refractivity contribution in [1.29, 1.82) is 0 Å². The molecule has 2 fully saturated rings. The maximum atomic E-state index is 15.3. The lowest BCUT2D eigenvalue weighted by Crippen LogP contribution is -2.52. The number of aromatic nitrogens is 2. The molecule has 4 heterocycles. The van der Waals surface area contributed by atoms with E-state index in [9.17, 15) is 23.6 Å². The van der Waals surface area contributed by atoms with Crippen molar-refractivity contribution in [3.8, 4) is 11.3 Å². The van der Waals surface area contributed by atoms with Crippen molar-refractivity contribution in [2.45, 2.75) is 51.0 Å². The van der Waals surface area contributed by atoms with Crippen LogP contribution in [0.2, 0.25) is 0 Å². The van der Waals surface area contributed by atoms with E-state index in [4.69, 9.17) is 9.72 Å². The van der Waals surface area contributed by atoms with E-state index in [0.29, 0.717) is 45.0 Å². The molecule has 3 aliphatic heterocycles. The van der Waals surface area contributed by atoms with Gasteiger partial charge in [-0.25, -0.2) is 22.9 Å². The Morgan fingerprint density at radius 2 is 1.79 bits per heavy atom. The van der Waals surface area contributed by atoms with Crippen LogP contribution in [0.5, 0.6) is 0 Å². The first-order chi connectivity index (χ1) is 25.6. The molecule has 15 heteroatoms. The van der Waals surface area contributed by atoms with Gasteiger partial charge in [-0.3, -0.25) is 19.3 Å². The van der Waals surface area contributed by atoms with Gasteiger partial charge in [-0.15, -0.1) is 0 Å². The van der Waals surface area contributed by atoms with Gasteiger partial charge in [0.25, 0.3) is 11.8 Å². The van der Waals surface area contributed by atoms with Crippen molar-refractivity contribution in [2.24, 2.45) is 11.8 Å². The van der Waals surface area contributed by atoms with Gasteiger partial charge in [0.1, 0.15) is 23.6 Å². The molecule has 2 saturated heterocycles. The molecule has 3 aromatic rings. The number of rotatable bonds is 14. The van der Waals surface area contributed by atoms with Crippen LogP contribution in [0.25, 0.3) is 11.3 Å². The van der Waals surface area contributed by atoms with E-state index in [1.807, 2.05) is 34.9 Å². The van der Waals surface area contributed by atoms with Gasteiger partial charge < -0.3 is 30.2 Å². The minimum Gasteiger partial charge on any atom is -0.381 e. The van der Waals surface area contributed by atoms with Crippen LogP contribution in [0.1, 0.15) is 43.6 Å². The van der Waals surface area contributed by atoms with Gasteiger partial charge in [-0.1, -0.05) is 30.3 Å². The first kappa shape index (κ1) is 37.7. The zero-order chi connectivity index (χ0) is 37.5. The third-order valence-corrected chi connectivity index (χ3v) is 9.91. The zero-order valence-electron chi connectivity index (χ0n) is 29.5. The summed E-state index contributed by atoms with van der Waals surface area (Å²) in [6, 6.07) is 10.9. The Kier molecular flexibility index (Phi) is 12.2. The molecule has 0 aliphatic carbocycles. The SMILES string of the molecule is C[C@@H](CNC(=O)CCN1C(=O)C=CC1=O)NC(=O)N(C[C@@H]1CNC[C@@H]1F)[C@@H](c1nc(-c2cc(F)ccc2F)cn1Cc1ccccc1)C1CCOCC1. The van der Waals surface area contributed by atoms with E-state index >= 15 is 8.78 Å². The van der Waals surface area contributed by atoms with Gasteiger partial charge in [0.2, 0.25) is 5.91 Å². The minimum absolute atomic E-state index is 0.0253. The topological polar surface area (TPSA) is 138 Å². The fourth-order valence-corrected chi connectivity index (χ4v) is 7.05. The Morgan fingerprint density at radius 3 is 2.49 bits per heavy atom. The summed E-state index contributed by atoms with van der Waals surface area (Å²) in [6.45, 7) is 3.42. The number of hydrogen-bond acceptors (Lipinski definition) is 7. The molecule has 3 N–H and O–H groups in total. The largest absolute Gasteiger partial charge is 0.381 e. The van der Waals surface area contributed by atoms with Crippen LogP contribution >= 0.6 is 0 Å². The number of imidazole rings is 1. The fourth-order valence-electron chi connectivity index (χ4n) is 7.05. The number of halogens is 3. The maximum Gasteiger partial charge on any atom is 0.318 e. The average Bonchev–Trinajstić information content (AvgIpc) is 3.85. The quantitative estimate of drug-likeness (QED) is 0.215. The molecule has 1 aromatic heterocycles. The monoisotopic (exact) mass is 735 g/mol. The lowest BCUT2D eigenvalue weighted by atomic mass is 9.89. The highest BCUT2D eigenvalue weighted by Crippen LogP contribution is 2.38. The normalized spacial score (nSPS) is 20.1. The highest BCUT2D eigenvalue weighted by molar-refractivity contribution is 6.13. The highest BCUT2D eigenvalue weighted by atomic mass is 19.1. The first-order valence-electron chi connectivity index (χ1n) is 17.9. The second-order valence-electron chi connectivity index (χ2n) is 13.8. The van der Waals surface area contributed by atoms with Crippen LogP contribution in [-0.2, 0) is 25.7 Å².